The summed E-state index contributed by atoms with van der Waals surface area (Å²) in [5, 5.41) is 23.8. The summed E-state index contributed by atoms with van der Waals surface area (Å²) in [5.74, 6) is 2.69. The van der Waals surface area contributed by atoms with E-state index in [0.29, 0.717) is 19.1 Å². The molecule has 4 aliphatic heterocycles. The topological polar surface area (TPSA) is 103 Å². The predicted molar refractivity (Wildman–Crippen MR) is 165 cm³/mol. The molecular weight excluding hydrogens is 560 g/mol. The largest absolute Gasteiger partial charge is 0.621 e. The first-order chi connectivity index (χ1) is 21.3. The molecule has 0 bridgehead atoms. The molecule has 1 unspecified atom stereocenters. The lowest BCUT2D eigenvalue weighted by molar-refractivity contribution is -0.841. The normalized spacial score (nSPS) is 30.3. The van der Waals surface area contributed by atoms with E-state index in [9.17, 15) is 19.9 Å². The Balaban J connectivity index is 1.07. The number of benzene rings is 1. The van der Waals surface area contributed by atoms with Gasteiger partial charge in [0.2, 0.25) is 6.17 Å². The van der Waals surface area contributed by atoms with Gasteiger partial charge in [0, 0.05) is 50.0 Å². The highest BCUT2D eigenvalue weighted by molar-refractivity contribution is 5.83. The number of carboxylic acid groups (broad SMARTS) is 1. The van der Waals surface area contributed by atoms with Crippen LogP contribution in [0.4, 0.5) is 4.79 Å². The SMILES string of the molecule is C#CCOC1CCC(N2CC[N@+]([O-])(C(=O)O)C(N3CC4=CN(CC5CCN(Cc6ccccc6)CC5)C=CN4C3)C2=O)CC1. The molecule has 1 aromatic rings. The van der Waals surface area contributed by atoms with Gasteiger partial charge in [-0.3, -0.25) is 9.69 Å². The van der Waals surface area contributed by atoms with Crippen LogP contribution in [0.15, 0.2) is 54.6 Å². The van der Waals surface area contributed by atoms with E-state index in [4.69, 9.17) is 11.2 Å². The highest BCUT2D eigenvalue weighted by atomic mass is 16.6. The van der Waals surface area contributed by atoms with Crippen LogP contribution >= 0.6 is 0 Å². The summed E-state index contributed by atoms with van der Waals surface area (Å²) in [7, 11) is 0. The minimum atomic E-state index is -1.56. The van der Waals surface area contributed by atoms with Crippen molar-refractivity contribution in [2.45, 2.75) is 63.4 Å². The van der Waals surface area contributed by atoms with Crippen molar-refractivity contribution in [1.82, 2.24) is 24.5 Å². The minimum Gasteiger partial charge on any atom is -0.621 e. The van der Waals surface area contributed by atoms with E-state index in [-0.39, 0.29) is 37.7 Å². The Hall–Kier alpha value is -3.40. The fourth-order valence-corrected chi connectivity index (χ4v) is 7.53. The Morgan fingerprint density at radius 2 is 1.82 bits per heavy atom. The summed E-state index contributed by atoms with van der Waals surface area (Å²) in [6.45, 7) is 4.95. The zero-order valence-corrected chi connectivity index (χ0v) is 25.4. The first-order valence-corrected chi connectivity index (χ1v) is 15.9. The first kappa shape index (κ1) is 30.6. The van der Waals surface area contributed by atoms with Crippen molar-refractivity contribution >= 4 is 12.0 Å². The number of fused-ring (bicyclic) bond motifs is 1. The predicted octanol–water partition coefficient (Wildman–Crippen LogP) is 3.22. The van der Waals surface area contributed by atoms with Gasteiger partial charge < -0.3 is 29.8 Å². The number of carbonyl (C=O) groups is 2. The summed E-state index contributed by atoms with van der Waals surface area (Å²) in [6, 6.07) is 10.6. The van der Waals surface area contributed by atoms with Gasteiger partial charge in [-0.05, 0) is 63.1 Å². The van der Waals surface area contributed by atoms with E-state index in [1.54, 1.807) is 9.80 Å². The summed E-state index contributed by atoms with van der Waals surface area (Å²) >= 11 is 0. The average molecular weight is 605 g/mol. The second-order valence-corrected chi connectivity index (χ2v) is 12.8. The zero-order chi connectivity index (χ0) is 30.7. The molecule has 1 N–H and O–H groups in total. The third-order valence-electron chi connectivity index (χ3n) is 9.97. The fourth-order valence-electron chi connectivity index (χ4n) is 7.53. The quantitative estimate of drug-likeness (QED) is 0.272. The Labute approximate surface area is 260 Å². The summed E-state index contributed by atoms with van der Waals surface area (Å²) in [6.07, 6.45) is 14.0. The van der Waals surface area contributed by atoms with E-state index in [1.807, 2.05) is 11.1 Å². The number of piperazine rings is 1. The van der Waals surface area contributed by atoms with Crippen LogP contribution in [-0.2, 0) is 16.1 Å². The van der Waals surface area contributed by atoms with Gasteiger partial charge in [-0.1, -0.05) is 36.3 Å². The molecule has 1 saturated carbocycles. The summed E-state index contributed by atoms with van der Waals surface area (Å²) < 4.78 is 4.13. The molecule has 11 nitrogen and oxygen atoms in total. The first-order valence-electron chi connectivity index (χ1n) is 15.9. The van der Waals surface area contributed by atoms with Gasteiger partial charge in [-0.25, -0.2) is 9.55 Å². The Morgan fingerprint density at radius 1 is 1.07 bits per heavy atom. The van der Waals surface area contributed by atoms with Crippen molar-refractivity contribution in [3.63, 3.8) is 0 Å². The van der Waals surface area contributed by atoms with Gasteiger partial charge in [0.15, 0.2) is 0 Å². The molecule has 3 saturated heterocycles. The van der Waals surface area contributed by atoms with E-state index >= 15 is 0 Å². The lowest BCUT2D eigenvalue weighted by Crippen LogP contribution is -2.73. The molecule has 0 spiro atoms. The van der Waals surface area contributed by atoms with Crippen LogP contribution in [0.3, 0.4) is 0 Å². The van der Waals surface area contributed by atoms with Gasteiger partial charge in [0.25, 0.3) is 5.91 Å². The number of rotatable bonds is 8. The highest BCUT2D eigenvalue weighted by Crippen LogP contribution is 2.34. The smallest absolute Gasteiger partial charge is 0.515 e. The van der Waals surface area contributed by atoms with Crippen molar-refractivity contribution < 1.29 is 24.1 Å². The van der Waals surface area contributed by atoms with Crippen molar-refractivity contribution in [3.05, 3.63) is 65.4 Å². The van der Waals surface area contributed by atoms with Crippen molar-refractivity contribution in [2.24, 2.45) is 5.92 Å². The second-order valence-electron chi connectivity index (χ2n) is 12.8. The number of ether oxygens (including phenoxy) is 1. The minimum absolute atomic E-state index is 0.0304. The number of terminal acetylenes is 1. The molecule has 11 heteroatoms. The number of hydrogen-bond donors (Lipinski definition) is 1. The Morgan fingerprint density at radius 3 is 2.52 bits per heavy atom. The molecule has 2 amide bonds. The summed E-state index contributed by atoms with van der Waals surface area (Å²) in [4.78, 5) is 36.5. The molecule has 4 fully saturated rings. The lowest BCUT2D eigenvalue weighted by Gasteiger charge is -2.52. The van der Waals surface area contributed by atoms with Gasteiger partial charge in [0.1, 0.15) is 13.2 Å². The van der Waals surface area contributed by atoms with Crippen LogP contribution in [0.5, 0.6) is 0 Å². The van der Waals surface area contributed by atoms with E-state index in [0.717, 1.165) is 70.4 Å². The number of carbonyl (C=O) groups excluding carboxylic acids is 1. The summed E-state index contributed by atoms with van der Waals surface area (Å²) in [5.41, 5.74) is 2.32. The molecule has 0 radical (unpaired) electrons. The monoisotopic (exact) mass is 604 g/mol. The Kier molecular flexibility index (Phi) is 9.26. The Bertz CT molecular complexity index is 1280. The van der Waals surface area contributed by atoms with E-state index < -0.39 is 16.9 Å². The standard InChI is InChI=1S/C33H44N6O5/c1-2-20-44-30-10-8-28(9-11-30)38-18-19-39(43,33(41)42)31(32(38)40)37-24-29-23-35(16-17-36(29)25-37)22-27-12-14-34(15-13-27)21-26-6-4-3-5-7-26/h1,3-7,16-17,23,27-28,30-31H,8-15,18-22,24-25H2,(H,41,42)/t28?,30?,31?,39-/m1/s1. The molecule has 0 aromatic heterocycles. The third kappa shape index (κ3) is 6.50. The molecular formula is C33H44N6O5. The molecule has 5 aliphatic rings. The molecule has 1 aliphatic carbocycles. The van der Waals surface area contributed by atoms with Gasteiger partial charge in [0.05, 0.1) is 19.3 Å². The van der Waals surface area contributed by atoms with Gasteiger partial charge >= 0.3 is 6.09 Å². The molecule has 44 heavy (non-hydrogen) atoms. The van der Waals surface area contributed by atoms with E-state index in [2.05, 4.69) is 58.5 Å². The maximum Gasteiger partial charge on any atom is 0.515 e. The van der Waals surface area contributed by atoms with Crippen molar-refractivity contribution in [1.29, 1.82) is 0 Å². The number of hydroxylamine groups is 3. The number of hydrogen-bond acceptors (Lipinski definition) is 8. The molecule has 4 heterocycles. The van der Waals surface area contributed by atoms with Crippen LogP contribution in [0.1, 0.15) is 44.1 Å². The molecule has 1 aromatic carbocycles. The molecule has 6 rings (SSSR count). The fraction of sp³-hybridized carbons (Fsp3) is 0.576. The van der Waals surface area contributed by atoms with Crippen LogP contribution in [0, 0.1) is 23.5 Å². The third-order valence-corrected chi connectivity index (χ3v) is 9.97. The zero-order valence-electron chi connectivity index (χ0n) is 25.4. The second kappa shape index (κ2) is 13.3. The van der Waals surface area contributed by atoms with Crippen LogP contribution < -0.4 is 0 Å². The number of nitrogens with zero attached hydrogens (tertiary/aromatic N) is 6. The maximum absolute atomic E-state index is 13.9. The van der Waals surface area contributed by atoms with Crippen LogP contribution in [-0.4, -0.2) is 117 Å². The number of amides is 2. The highest BCUT2D eigenvalue weighted by Gasteiger charge is 2.54. The van der Waals surface area contributed by atoms with Crippen LogP contribution in [0.25, 0.3) is 0 Å². The number of piperidine rings is 1. The maximum atomic E-state index is 13.9. The van der Waals surface area contributed by atoms with E-state index in [1.165, 1.54) is 5.56 Å². The molecule has 2 atom stereocenters. The van der Waals surface area contributed by atoms with Crippen molar-refractivity contribution in [3.8, 4) is 12.3 Å². The van der Waals surface area contributed by atoms with Gasteiger partial charge in [-0.15, -0.1) is 6.42 Å². The van der Waals surface area contributed by atoms with Crippen molar-refractivity contribution in [2.75, 3.05) is 52.5 Å². The van der Waals surface area contributed by atoms with Crippen LogP contribution in [0.2, 0.25) is 0 Å². The molecule has 236 valence electrons. The average Bonchev–Trinajstić information content (AvgIpc) is 3.44. The van der Waals surface area contributed by atoms with Gasteiger partial charge in [-0.2, -0.15) is 4.79 Å². The number of quaternary nitrogens is 1. The lowest BCUT2D eigenvalue weighted by atomic mass is 9.91. The number of likely N-dealkylation sites (tertiary alicyclic amines) is 1.